The lowest BCUT2D eigenvalue weighted by molar-refractivity contribution is -0.124. The maximum Gasteiger partial charge on any atom is 0.332 e. The van der Waals surface area contributed by atoms with Crippen LogP contribution in [0, 0.1) is 0 Å². The number of methoxy groups -OCH3 is 3. The van der Waals surface area contributed by atoms with Gasteiger partial charge in [0.2, 0.25) is 5.91 Å². The number of carbonyl (C=O) groups excluding carboxylic acids is 3. The van der Waals surface area contributed by atoms with Crippen LogP contribution in [-0.2, 0) is 16.0 Å². The van der Waals surface area contributed by atoms with Crippen LogP contribution in [0.5, 0.6) is 17.2 Å². The number of hydrogen-bond donors (Lipinski definition) is 1. The van der Waals surface area contributed by atoms with Crippen molar-refractivity contribution in [1.29, 1.82) is 0 Å². The van der Waals surface area contributed by atoms with E-state index >= 15 is 0 Å². The monoisotopic (exact) mass is 503 g/mol. The predicted molar refractivity (Wildman–Crippen MR) is 139 cm³/mol. The summed E-state index contributed by atoms with van der Waals surface area (Å²) in [4.78, 5) is 42.4. The normalized spacial score (nSPS) is 15.1. The average molecular weight is 504 g/mol. The fourth-order valence-electron chi connectivity index (χ4n) is 4.25. The second-order valence-corrected chi connectivity index (χ2v) is 8.42. The van der Waals surface area contributed by atoms with Crippen molar-refractivity contribution < 1.29 is 28.6 Å². The lowest BCUT2D eigenvalue weighted by Gasteiger charge is -2.22. The molecule has 3 aromatic rings. The Morgan fingerprint density at radius 1 is 0.865 bits per heavy atom. The lowest BCUT2D eigenvalue weighted by Crippen LogP contribution is -2.39. The molecule has 0 bridgehead atoms. The molecule has 0 unspecified atom stereocenters. The number of imide groups is 1. The third-order valence-electron chi connectivity index (χ3n) is 6.17. The molecule has 0 radical (unpaired) electrons. The molecule has 192 valence electrons. The Bertz CT molecular complexity index is 1260. The van der Waals surface area contributed by atoms with E-state index in [-0.39, 0.29) is 18.9 Å². The molecule has 1 N–H and O–H groups in total. The van der Waals surface area contributed by atoms with E-state index in [0.717, 1.165) is 10.5 Å². The molecule has 4 amide bonds. The molecule has 0 aromatic heterocycles. The summed E-state index contributed by atoms with van der Waals surface area (Å²) < 4.78 is 15.9. The number of carbonyl (C=O) groups is 3. The summed E-state index contributed by atoms with van der Waals surface area (Å²) in [6.07, 6.45) is 0.282. The molecule has 1 saturated heterocycles. The molecule has 9 heteroatoms. The highest BCUT2D eigenvalue weighted by Gasteiger charge is 2.46. The van der Waals surface area contributed by atoms with Gasteiger partial charge in [0.1, 0.15) is 11.8 Å². The highest BCUT2D eigenvalue weighted by molar-refractivity contribution is 6.22. The van der Waals surface area contributed by atoms with Gasteiger partial charge in [-0.05, 0) is 60.5 Å². The van der Waals surface area contributed by atoms with Gasteiger partial charge in [0, 0.05) is 12.2 Å². The Morgan fingerprint density at radius 2 is 1.57 bits per heavy atom. The van der Waals surface area contributed by atoms with Gasteiger partial charge in [-0.25, -0.2) is 9.69 Å². The van der Waals surface area contributed by atoms with Crippen molar-refractivity contribution in [2.45, 2.75) is 18.9 Å². The zero-order valence-corrected chi connectivity index (χ0v) is 21.0. The molecule has 0 aliphatic carbocycles. The molecule has 0 spiro atoms. The summed E-state index contributed by atoms with van der Waals surface area (Å²) in [5.41, 5.74) is 1.93. The SMILES string of the molecule is COc1ccc(N2C(=O)[C@@H](CC(=O)Nc3ccccc3)N(CCc3ccc(OC)c(OC)c3)C2=O)cc1. The van der Waals surface area contributed by atoms with E-state index in [9.17, 15) is 14.4 Å². The number of rotatable bonds is 10. The molecule has 1 fully saturated rings. The topological polar surface area (TPSA) is 97.4 Å². The largest absolute Gasteiger partial charge is 0.497 e. The number of nitrogens with one attached hydrogen (secondary N) is 1. The maximum absolute atomic E-state index is 13.5. The Hall–Kier alpha value is -4.53. The Labute approximate surface area is 215 Å². The van der Waals surface area contributed by atoms with Crippen molar-refractivity contribution in [3.05, 3.63) is 78.4 Å². The number of nitrogens with zero attached hydrogens (tertiary/aromatic N) is 2. The summed E-state index contributed by atoms with van der Waals surface area (Å²) in [6, 6.07) is 19.7. The summed E-state index contributed by atoms with van der Waals surface area (Å²) in [5, 5.41) is 2.80. The molecule has 37 heavy (non-hydrogen) atoms. The van der Waals surface area contributed by atoms with Crippen molar-refractivity contribution in [2.24, 2.45) is 0 Å². The van der Waals surface area contributed by atoms with Gasteiger partial charge < -0.3 is 24.4 Å². The number of benzene rings is 3. The van der Waals surface area contributed by atoms with Gasteiger partial charge in [0.15, 0.2) is 11.5 Å². The number of hydrogen-bond acceptors (Lipinski definition) is 6. The smallest absolute Gasteiger partial charge is 0.332 e. The second kappa shape index (κ2) is 11.5. The standard InChI is InChI=1S/C28H29N3O6/c1-35-22-12-10-21(11-13-22)31-27(33)23(18-26(32)29-20-7-5-4-6-8-20)30(28(31)34)16-15-19-9-14-24(36-2)25(17-19)37-3/h4-14,17,23H,15-16,18H2,1-3H3,(H,29,32)/t23-/m1/s1. The lowest BCUT2D eigenvalue weighted by atomic mass is 10.1. The molecule has 3 aromatic carbocycles. The molecule has 9 nitrogen and oxygen atoms in total. The summed E-state index contributed by atoms with van der Waals surface area (Å²) in [6.45, 7) is 0.232. The van der Waals surface area contributed by atoms with Gasteiger partial charge >= 0.3 is 6.03 Å². The van der Waals surface area contributed by atoms with Crippen LogP contribution in [0.3, 0.4) is 0 Å². The molecule has 4 rings (SSSR count). The van der Waals surface area contributed by atoms with Gasteiger partial charge in [0.05, 0.1) is 33.4 Å². The van der Waals surface area contributed by atoms with Gasteiger partial charge in [-0.3, -0.25) is 9.59 Å². The first kappa shape index (κ1) is 25.6. The van der Waals surface area contributed by atoms with Gasteiger partial charge in [-0.15, -0.1) is 0 Å². The number of amides is 4. The minimum atomic E-state index is -0.946. The fourth-order valence-corrected chi connectivity index (χ4v) is 4.25. The molecule has 1 aliphatic heterocycles. The molecule has 1 atom stereocenters. The summed E-state index contributed by atoms with van der Waals surface area (Å²) in [5.74, 6) is 0.963. The number of para-hydroxylation sites is 1. The highest BCUT2D eigenvalue weighted by Crippen LogP contribution is 2.30. The second-order valence-electron chi connectivity index (χ2n) is 8.42. The zero-order valence-electron chi connectivity index (χ0n) is 21.0. The van der Waals surface area contributed by atoms with Gasteiger partial charge in [-0.2, -0.15) is 0 Å². The Kier molecular flexibility index (Phi) is 7.92. The van der Waals surface area contributed by atoms with Crippen LogP contribution in [0.4, 0.5) is 16.2 Å². The number of urea groups is 1. The van der Waals surface area contributed by atoms with Crippen LogP contribution in [0.1, 0.15) is 12.0 Å². The van der Waals surface area contributed by atoms with E-state index < -0.39 is 18.0 Å². The van der Waals surface area contributed by atoms with E-state index in [1.54, 1.807) is 75.9 Å². The highest BCUT2D eigenvalue weighted by atomic mass is 16.5. The molecular weight excluding hydrogens is 474 g/mol. The van der Waals surface area contributed by atoms with Crippen molar-refractivity contribution in [1.82, 2.24) is 4.90 Å². The maximum atomic E-state index is 13.5. The van der Waals surface area contributed by atoms with Crippen molar-refractivity contribution in [3.8, 4) is 17.2 Å². The van der Waals surface area contributed by atoms with Crippen LogP contribution in [0.25, 0.3) is 0 Å². The zero-order chi connectivity index (χ0) is 26.4. The molecular formula is C28H29N3O6. The van der Waals surface area contributed by atoms with Crippen LogP contribution in [-0.4, -0.2) is 56.7 Å². The minimum Gasteiger partial charge on any atom is -0.497 e. The molecule has 1 heterocycles. The summed E-state index contributed by atoms with van der Waals surface area (Å²) in [7, 11) is 4.65. The first-order valence-corrected chi connectivity index (χ1v) is 11.8. The fraction of sp³-hybridized carbons (Fsp3) is 0.250. The predicted octanol–water partition coefficient (Wildman–Crippen LogP) is 4.12. The number of ether oxygens (including phenoxy) is 3. The third kappa shape index (κ3) is 5.66. The van der Waals surface area contributed by atoms with Crippen molar-refractivity contribution in [2.75, 3.05) is 38.1 Å². The van der Waals surface area contributed by atoms with E-state index in [0.29, 0.717) is 35.0 Å². The van der Waals surface area contributed by atoms with Crippen molar-refractivity contribution >= 4 is 29.2 Å². The quantitative estimate of drug-likeness (QED) is 0.418. The number of anilines is 2. The first-order valence-electron chi connectivity index (χ1n) is 11.8. The van der Waals surface area contributed by atoms with Crippen LogP contribution < -0.4 is 24.4 Å². The van der Waals surface area contributed by atoms with Gasteiger partial charge in [0.25, 0.3) is 5.91 Å². The first-order chi connectivity index (χ1) is 17.9. The van der Waals surface area contributed by atoms with Crippen LogP contribution in [0.15, 0.2) is 72.8 Å². The van der Waals surface area contributed by atoms with Crippen LogP contribution in [0.2, 0.25) is 0 Å². The van der Waals surface area contributed by atoms with E-state index in [1.165, 1.54) is 4.90 Å². The molecule has 1 aliphatic rings. The van der Waals surface area contributed by atoms with Gasteiger partial charge in [-0.1, -0.05) is 24.3 Å². The van der Waals surface area contributed by atoms with E-state index in [1.807, 2.05) is 18.2 Å². The van der Waals surface area contributed by atoms with E-state index in [4.69, 9.17) is 14.2 Å². The van der Waals surface area contributed by atoms with Crippen LogP contribution >= 0.6 is 0 Å². The summed E-state index contributed by atoms with van der Waals surface area (Å²) >= 11 is 0. The van der Waals surface area contributed by atoms with Crippen molar-refractivity contribution in [3.63, 3.8) is 0 Å². The van der Waals surface area contributed by atoms with E-state index in [2.05, 4.69) is 5.32 Å². The Morgan fingerprint density at radius 3 is 2.22 bits per heavy atom. The third-order valence-corrected chi connectivity index (χ3v) is 6.17. The minimum absolute atomic E-state index is 0.169. The Balaban J connectivity index is 1.57. The molecule has 0 saturated carbocycles. The average Bonchev–Trinajstić information content (AvgIpc) is 3.15.